The molecule has 3 N–H and O–H groups in total. The predicted octanol–water partition coefficient (Wildman–Crippen LogP) is -0.328. The van der Waals surface area contributed by atoms with Crippen molar-refractivity contribution in [3.8, 4) is 0 Å². The lowest BCUT2D eigenvalue weighted by atomic mass is 9.98. The number of hydrogen-bond donors (Lipinski definition) is 2. The summed E-state index contributed by atoms with van der Waals surface area (Å²) in [6.07, 6.45) is 2.64. The zero-order valence-electron chi connectivity index (χ0n) is 10.5. The lowest BCUT2D eigenvalue weighted by Crippen LogP contribution is -2.48. The Bertz CT molecular complexity index is 347. The molecule has 102 valence electrons. The fourth-order valence-corrected chi connectivity index (χ4v) is 2.88. The van der Waals surface area contributed by atoms with E-state index in [-0.39, 0.29) is 30.5 Å². The topological polar surface area (TPSA) is 92.9 Å². The largest absolute Gasteiger partial charge is 0.481 e. The Balaban J connectivity index is 2.04. The van der Waals surface area contributed by atoms with Gasteiger partial charge in [-0.05, 0) is 12.8 Å². The first-order chi connectivity index (χ1) is 8.52. The van der Waals surface area contributed by atoms with Crippen molar-refractivity contribution in [2.24, 2.45) is 17.6 Å². The van der Waals surface area contributed by atoms with Crippen LogP contribution in [0, 0.1) is 11.8 Å². The van der Waals surface area contributed by atoms with Gasteiger partial charge in [-0.3, -0.25) is 9.59 Å². The van der Waals surface area contributed by atoms with Crippen molar-refractivity contribution in [1.82, 2.24) is 4.90 Å². The molecule has 0 aromatic heterocycles. The second-order valence-electron chi connectivity index (χ2n) is 5.20. The molecule has 0 aromatic rings. The molecule has 1 saturated carbocycles. The van der Waals surface area contributed by atoms with Crippen LogP contribution in [0.25, 0.3) is 0 Å². The molecule has 6 heteroatoms. The Hall–Kier alpha value is -1.14. The highest BCUT2D eigenvalue weighted by molar-refractivity contribution is 5.81. The fourth-order valence-electron chi connectivity index (χ4n) is 2.88. The summed E-state index contributed by atoms with van der Waals surface area (Å²) in [5.74, 6) is -1.74. The average Bonchev–Trinajstić information content (AvgIpc) is 2.95. The maximum atomic E-state index is 12.3. The number of carboxylic acid groups (broad SMARTS) is 1. The van der Waals surface area contributed by atoms with Crippen LogP contribution in [0.1, 0.15) is 19.3 Å². The van der Waals surface area contributed by atoms with E-state index in [1.54, 1.807) is 7.05 Å². The standard InChI is InChI=1S/C12H20N2O4/c1-14(10-6-18-5-8(10)12(16)17)11(15)7-3-2-4-9(7)13/h7-10H,2-6,13H2,1H3,(H,16,17). The Morgan fingerprint density at radius 3 is 2.56 bits per heavy atom. The molecule has 1 aliphatic carbocycles. The van der Waals surface area contributed by atoms with Crippen molar-refractivity contribution < 1.29 is 19.4 Å². The van der Waals surface area contributed by atoms with Crippen LogP contribution in [0.15, 0.2) is 0 Å². The number of likely N-dealkylation sites (N-methyl/N-ethyl adjacent to an activating group) is 1. The van der Waals surface area contributed by atoms with Gasteiger partial charge in [-0.25, -0.2) is 0 Å². The van der Waals surface area contributed by atoms with Crippen LogP contribution in [0.3, 0.4) is 0 Å². The van der Waals surface area contributed by atoms with Crippen LogP contribution in [-0.2, 0) is 14.3 Å². The monoisotopic (exact) mass is 256 g/mol. The molecular weight excluding hydrogens is 236 g/mol. The van der Waals surface area contributed by atoms with E-state index in [4.69, 9.17) is 15.6 Å². The van der Waals surface area contributed by atoms with Gasteiger partial charge in [0.05, 0.1) is 25.2 Å². The quantitative estimate of drug-likeness (QED) is 0.721. The van der Waals surface area contributed by atoms with E-state index < -0.39 is 11.9 Å². The minimum Gasteiger partial charge on any atom is -0.481 e. The maximum Gasteiger partial charge on any atom is 0.311 e. The van der Waals surface area contributed by atoms with Crippen molar-refractivity contribution in [1.29, 1.82) is 0 Å². The molecule has 18 heavy (non-hydrogen) atoms. The molecule has 1 aliphatic heterocycles. The van der Waals surface area contributed by atoms with E-state index in [0.717, 1.165) is 19.3 Å². The van der Waals surface area contributed by atoms with Gasteiger partial charge in [0.15, 0.2) is 0 Å². The minimum atomic E-state index is -0.909. The van der Waals surface area contributed by atoms with Gasteiger partial charge in [0.2, 0.25) is 5.91 Å². The third kappa shape index (κ3) is 2.35. The number of carbonyl (C=O) groups excluding carboxylic acids is 1. The van der Waals surface area contributed by atoms with E-state index in [1.165, 1.54) is 4.90 Å². The van der Waals surface area contributed by atoms with Crippen LogP contribution in [-0.4, -0.2) is 54.2 Å². The number of rotatable bonds is 3. The van der Waals surface area contributed by atoms with E-state index >= 15 is 0 Å². The first-order valence-corrected chi connectivity index (χ1v) is 6.35. The highest BCUT2D eigenvalue weighted by Crippen LogP contribution is 2.28. The molecule has 2 rings (SSSR count). The van der Waals surface area contributed by atoms with Crippen molar-refractivity contribution in [2.45, 2.75) is 31.3 Å². The number of aliphatic carboxylic acids is 1. The minimum absolute atomic E-state index is 0.0400. The SMILES string of the molecule is CN(C(=O)C1CCCC1N)C1COCC1C(=O)O. The van der Waals surface area contributed by atoms with Crippen LogP contribution < -0.4 is 5.73 Å². The van der Waals surface area contributed by atoms with E-state index in [9.17, 15) is 9.59 Å². The molecular formula is C12H20N2O4. The smallest absolute Gasteiger partial charge is 0.311 e. The molecule has 1 amide bonds. The Morgan fingerprint density at radius 2 is 2.00 bits per heavy atom. The summed E-state index contributed by atoms with van der Waals surface area (Å²) in [6, 6.07) is -0.464. The number of carboxylic acids is 1. The molecule has 0 spiro atoms. The molecule has 4 unspecified atom stereocenters. The fraction of sp³-hybridized carbons (Fsp3) is 0.833. The van der Waals surface area contributed by atoms with Gasteiger partial charge in [-0.1, -0.05) is 6.42 Å². The Labute approximate surface area is 106 Å². The number of carbonyl (C=O) groups is 2. The highest BCUT2D eigenvalue weighted by atomic mass is 16.5. The maximum absolute atomic E-state index is 12.3. The van der Waals surface area contributed by atoms with Crippen LogP contribution in [0.4, 0.5) is 0 Å². The molecule has 2 aliphatic rings. The third-order valence-corrected chi connectivity index (χ3v) is 4.10. The van der Waals surface area contributed by atoms with Gasteiger partial charge >= 0.3 is 5.97 Å². The number of nitrogens with zero attached hydrogens (tertiary/aromatic N) is 1. The number of amides is 1. The third-order valence-electron chi connectivity index (χ3n) is 4.10. The summed E-state index contributed by atoms with van der Waals surface area (Å²) in [4.78, 5) is 24.9. The lowest BCUT2D eigenvalue weighted by molar-refractivity contribution is -0.145. The molecule has 0 radical (unpaired) electrons. The molecule has 4 atom stereocenters. The van der Waals surface area contributed by atoms with Crippen molar-refractivity contribution >= 4 is 11.9 Å². The van der Waals surface area contributed by atoms with Gasteiger partial charge in [0, 0.05) is 13.1 Å². The van der Waals surface area contributed by atoms with Gasteiger partial charge in [0.25, 0.3) is 0 Å². The molecule has 1 heterocycles. The zero-order valence-corrected chi connectivity index (χ0v) is 10.5. The summed E-state index contributed by atoms with van der Waals surface area (Å²) in [5, 5.41) is 9.09. The van der Waals surface area contributed by atoms with Gasteiger partial charge in [0.1, 0.15) is 5.92 Å². The second-order valence-corrected chi connectivity index (χ2v) is 5.20. The van der Waals surface area contributed by atoms with E-state index in [0.29, 0.717) is 6.61 Å². The number of ether oxygens (including phenoxy) is 1. The Morgan fingerprint density at radius 1 is 1.28 bits per heavy atom. The van der Waals surface area contributed by atoms with Gasteiger partial charge in [-0.2, -0.15) is 0 Å². The zero-order chi connectivity index (χ0) is 13.3. The van der Waals surface area contributed by atoms with Crippen molar-refractivity contribution in [3.63, 3.8) is 0 Å². The molecule has 6 nitrogen and oxygen atoms in total. The summed E-state index contributed by atoms with van der Waals surface area (Å²) in [7, 11) is 1.66. The number of nitrogens with two attached hydrogens (primary N) is 1. The highest BCUT2D eigenvalue weighted by Gasteiger charge is 2.41. The summed E-state index contributed by atoms with van der Waals surface area (Å²) in [5.41, 5.74) is 5.92. The molecule has 2 fully saturated rings. The molecule has 0 bridgehead atoms. The summed E-state index contributed by atoms with van der Waals surface area (Å²) < 4.78 is 5.19. The van der Waals surface area contributed by atoms with Crippen LogP contribution in [0.2, 0.25) is 0 Å². The van der Waals surface area contributed by atoms with E-state index in [2.05, 4.69) is 0 Å². The first-order valence-electron chi connectivity index (χ1n) is 6.35. The average molecular weight is 256 g/mol. The van der Waals surface area contributed by atoms with E-state index in [1.807, 2.05) is 0 Å². The van der Waals surface area contributed by atoms with Crippen molar-refractivity contribution in [3.05, 3.63) is 0 Å². The van der Waals surface area contributed by atoms with Gasteiger partial charge in [-0.15, -0.1) is 0 Å². The molecule has 0 aromatic carbocycles. The predicted molar refractivity (Wildman–Crippen MR) is 63.8 cm³/mol. The normalized spacial score (nSPS) is 35.7. The first kappa shape index (κ1) is 13.3. The van der Waals surface area contributed by atoms with Crippen molar-refractivity contribution in [2.75, 3.05) is 20.3 Å². The van der Waals surface area contributed by atoms with Crippen LogP contribution in [0.5, 0.6) is 0 Å². The second kappa shape index (κ2) is 5.24. The lowest BCUT2D eigenvalue weighted by Gasteiger charge is -2.30. The number of hydrogen-bond acceptors (Lipinski definition) is 4. The summed E-state index contributed by atoms with van der Waals surface area (Å²) in [6.45, 7) is 0.468. The Kier molecular flexibility index (Phi) is 3.87. The van der Waals surface area contributed by atoms with Crippen LogP contribution >= 0.6 is 0 Å². The summed E-state index contributed by atoms with van der Waals surface area (Å²) >= 11 is 0. The van der Waals surface area contributed by atoms with Gasteiger partial charge < -0.3 is 20.5 Å². The molecule has 1 saturated heterocycles.